The molecule has 9 rings (SSSR count). The third-order valence-electron chi connectivity index (χ3n) is 10.1. The van der Waals surface area contributed by atoms with Crippen molar-refractivity contribution in [2.24, 2.45) is 17.3 Å². The molecule has 7 aliphatic rings. The smallest absolute Gasteiger partial charge is 0.230 e. The summed E-state index contributed by atoms with van der Waals surface area (Å²) in [5, 5.41) is 26.1. The highest BCUT2D eigenvalue weighted by Crippen LogP contribution is 2.74. The van der Waals surface area contributed by atoms with Crippen LogP contribution in [0.4, 0.5) is 5.69 Å². The van der Waals surface area contributed by atoms with E-state index in [0.29, 0.717) is 12.2 Å². The number of anilines is 1. The molecule has 6 heteroatoms. The molecule has 1 saturated heterocycles. The van der Waals surface area contributed by atoms with Gasteiger partial charge < -0.3 is 20.3 Å². The van der Waals surface area contributed by atoms with Crippen LogP contribution in [0.25, 0.3) is 0 Å². The molecule has 2 aromatic rings. The lowest BCUT2D eigenvalue weighted by molar-refractivity contribution is -0.205. The van der Waals surface area contributed by atoms with Gasteiger partial charge in [-0.15, -0.1) is 0 Å². The number of nitrogens with one attached hydrogen (secondary N) is 1. The largest absolute Gasteiger partial charge is 0.504 e. The van der Waals surface area contributed by atoms with E-state index >= 15 is 0 Å². The van der Waals surface area contributed by atoms with Crippen LogP contribution in [0.5, 0.6) is 11.5 Å². The van der Waals surface area contributed by atoms with Gasteiger partial charge in [-0.1, -0.05) is 36.4 Å². The fourth-order valence-electron chi connectivity index (χ4n) is 8.53. The van der Waals surface area contributed by atoms with Crippen LogP contribution in [0, 0.1) is 17.3 Å². The summed E-state index contributed by atoms with van der Waals surface area (Å²) in [5.41, 5.74) is 0.866. The minimum absolute atomic E-state index is 0.134. The van der Waals surface area contributed by atoms with Crippen LogP contribution in [0.3, 0.4) is 0 Å². The molecule has 2 aromatic carbocycles. The van der Waals surface area contributed by atoms with Crippen LogP contribution < -0.4 is 10.1 Å². The maximum absolute atomic E-state index is 13.7. The number of aliphatic hydroxyl groups is 1. The molecule has 2 aliphatic heterocycles. The Morgan fingerprint density at radius 1 is 1.14 bits per heavy atom. The molecule has 4 bridgehead atoms. The summed E-state index contributed by atoms with van der Waals surface area (Å²) < 4.78 is 6.55. The average Bonchev–Trinajstić information content (AvgIpc) is 3.60. The van der Waals surface area contributed by atoms with E-state index in [2.05, 4.69) is 22.4 Å². The number of rotatable bonds is 4. The fraction of sp³-hybridized carbons (Fsp3) is 0.483. The number of phenolic OH excluding ortho intramolecular Hbond substituents is 1. The first-order valence-corrected chi connectivity index (χ1v) is 13.0. The monoisotopic (exact) mass is 470 g/mol. The van der Waals surface area contributed by atoms with E-state index in [1.54, 1.807) is 6.07 Å². The molecule has 2 heterocycles. The second-order valence-corrected chi connectivity index (χ2v) is 11.7. The lowest BCUT2D eigenvalue weighted by atomic mass is 9.37. The van der Waals surface area contributed by atoms with Crippen molar-refractivity contribution in [2.75, 3.05) is 18.4 Å². The topological polar surface area (TPSA) is 82.0 Å². The molecular weight excluding hydrogens is 440 g/mol. The van der Waals surface area contributed by atoms with Crippen molar-refractivity contribution in [3.8, 4) is 11.5 Å². The zero-order valence-corrected chi connectivity index (χ0v) is 19.6. The number of para-hydroxylation sites is 1. The zero-order valence-electron chi connectivity index (χ0n) is 19.6. The van der Waals surface area contributed by atoms with Crippen molar-refractivity contribution < 1.29 is 19.7 Å². The summed E-state index contributed by atoms with van der Waals surface area (Å²) in [4.78, 5) is 16.4. The van der Waals surface area contributed by atoms with Crippen LogP contribution in [-0.4, -0.2) is 51.9 Å². The van der Waals surface area contributed by atoms with E-state index in [-0.39, 0.29) is 23.1 Å². The zero-order chi connectivity index (χ0) is 23.6. The number of fused-ring (bicyclic) bond motifs is 1. The molecule has 2 spiro atoms. The van der Waals surface area contributed by atoms with E-state index in [9.17, 15) is 15.0 Å². The first-order valence-electron chi connectivity index (χ1n) is 13.0. The summed E-state index contributed by atoms with van der Waals surface area (Å²) in [5.74, 6) is 0.635. The Hall–Kier alpha value is -2.83. The van der Waals surface area contributed by atoms with Gasteiger partial charge in [0.25, 0.3) is 0 Å². The third kappa shape index (κ3) is 2.35. The quantitative estimate of drug-likeness (QED) is 0.597. The van der Waals surface area contributed by atoms with E-state index in [1.165, 1.54) is 18.4 Å². The van der Waals surface area contributed by atoms with Gasteiger partial charge >= 0.3 is 0 Å². The Bertz CT molecular complexity index is 1290. The van der Waals surface area contributed by atoms with E-state index in [1.807, 2.05) is 36.4 Å². The predicted molar refractivity (Wildman–Crippen MR) is 130 cm³/mol. The predicted octanol–water partition coefficient (Wildman–Crippen LogP) is 3.38. The highest BCUT2D eigenvalue weighted by molar-refractivity contribution is 5.94. The Morgan fingerprint density at radius 3 is 2.77 bits per heavy atom. The van der Waals surface area contributed by atoms with Gasteiger partial charge in [0.15, 0.2) is 11.5 Å². The number of ether oxygens (including phenoxy) is 1. The number of carbonyl (C=O) groups is 1. The minimum atomic E-state index is -1.44. The van der Waals surface area contributed by atoms with Crippen LogP contribution in [0.2, 0.25) is 0 Å². The van der Waals surface area contributed by atoms with E-state index < -0.39 is 23.0 Å². The third-order valence-corrected chi connectivity index (χ3v) is 10.1. The van der Waals surface area contributed by atoms with Crippen molar-refractivity contribution in [1.29, 1.82) is 0 Å². The van der Waals surface area contributed by atoms with Crippen molar-refractivity contribution in [3.05, 3.63) is 65.7 Å². The summed E-state index contributed by atoms with van der Waals surface area (Å²) in [6.45, 7) is 2.06. The number of carbonyl (C=O) groups excluding carboxylic acids is 1. The first-order chi connectivity index (χ1) is 17.0. The van der Waals surface area contributed by atoms with Crippen molar-refractivity contribution >= 4 is 11.6 Å². The van der Waals surface area contributed by atoms with Gasteiger partial charge in [-0.2, -0.15) is 0 Å². The summed E-state index contributed by atoms with van der Waals surface area (Å²) >= 11 is 0. The molecule has 3 fully saturated rings. The highest BCUT2D eigenvalue weighted by atomic mass is 16.5. The Balaban J connectivity index is 1.29. The number of phenols is 1. The van der Waals surface area contributed by atoms with Crippen LogP contribution >= 0.6 is 0 Å². The molecule has 6 atom stereocenters. The van der Waals surface area contributed by atoms with Crippen LogP contribution in [0.15, 0.2) is 54.6 Å². The number of nitrogens with zero attached hydrogens (tertiary/aromatic N) is 1. The minimum Gasteiger partial charge on any atom is -0.504 e. The lowest BCUT2D eigenvalue weighted by Crippen LogP contribution is -2.79. The molecule has 180 valence electrons. The average molecular weight is 471 g/mol. The van der Waals surface area contributed by atoms with Crippen molar-refractivity contribution in [3.63, 3.8) is 0 Å². The van der Waals surface area contributed by atoms with Crippen LogP contribution in [0.1, 0.15) is 36.8 Å². The van der Waals surface area contributed by atoms with Gasteiger partial charge in [0, 0.05) is 29.3 Å². The SMILES string of the molecule is O=C(Nc1ccccc1)[C@H]1C[C@@]23C=C[C@@]1(O)[C@@H]1Oc4c(O)ccc5c4[C@@]12CCN(CC1CC1)[C@@H]3C5. The van der Waals surface area contributed by atoms with Crippen molar-refractivity contribution in [1.82, 2.24) is 4.90 Å². The number of hydrogen-bond donors (Lipinski definition) is 3. The lowest BCUT2D eigenvalue weighted by Gasteiger charge is -2.70. The highest BCUT2D eigenvalue weighted by Gasteiger charge is 2.79. The second kappa shape index (κ2) is 6.48. The summed E-state index contributed by atoms with van der Waals surface area (Å²) in [6.07, 6.45) is 8.46. The summed E-state index contributed by atoms with van der Waals surface area (Å²) in [7, 11) is 0. The van der Waals surface area contributed by atoms with E-state index in [4.69, 9.17) is 4.74 Å². The number of piperidine rings is 1. The molecule has 3 N–H and O–H groups in total. The molecule has 0 radical (unpaired) electrons. The first kappa shape index (κ1) is 20.4. The van der Waals surface area contributed by atoms with Gasteiger partial charge in [-0.25, -0.2) is 0 Å². The maximum Gasteiger partial charge on any atom is 0.230 e. The maximum atomic E-state index is 13.7. The molecule has 35 heavy (non-hydrogen) atoms. The standard InChI is InChI=1S/C29H30N2O4/c32-21-9-8-18-14-22-27-10-11-29(34,20(15-27)25(33)30-19-4-2-1-3-5-19)26-28(27,23(18)24(21)35-26)12-13-31(22)16-17-6-7-17/h1-5,8-11,17,20,22,26,32,34H,6-7,12-16H2,(H,30,33)/t20-,22-,26-,27-,28+,29+/m1/s1. The molecular formula is C29H30N2O4. The molecule has 0 unspecified atom stereocenters. The number of likely N-dealkylation sites (tertiary alicyclic amines) is 1. The Labute approximate surface area is 204 Å². The Morgan fingerprint density at radius 2 is 1.97 bits per heavy atom. The molecule has 6 nitrogen and oxygen atoms in total. The number of hydrogen-bond acceptors (Lipinski definition) is 5. The van der Waals surface area contributed by atoms with Crippen LogP contribution in [-0.2, 0) is 16.6 Å². The second-order valence-electron chi connectivity index (χ2n) is 11.7. The van der Waals surface area contributed by atoms with Gasteiger partial charge in [0.05, 0.1) is 11.3 Å². The van der Waals surface area contributed by atoms with Crippen molar-refractivity contribution in [2.45, 2.75) is 55.3 Å². The molecule has 2 saturated carbocycles. The Kier molecular flexibility index (Phi) is 3.77. The van der Waals surface area contributed by atoms with E-state index in [0.717, 1.165) is 43.1 Å². The summed E-state index contributed by atoms with van der Waals surface area (Å²) in [6, 6.07) is 13.5. The fourth-order valence-corrected chi connectivity index (χ4v) is 8.53. The molecule has 1 amide bonds. The van der Waals surface area contributed by atoms with Gasteiger partial charge in [0.1, 0.15) is 11.7 Å². The van der Waals surface area contributed by atoms with Gasteiger partial charge in [-0.05, 0) is 68.3 Å². The normalized spacial score (nSPS) is 39.7. The molecule has 5 aliphatic carbocycles. The number of amides is 1. The van der Waals surface area contributed by atoms with Gasteiger partial charge in [-0.3, -0.25) is 9.69 Å². The molecule has 0 aromatic heterocycles. The number of benzene rings is 2. The van der Waals surface area contributed by atoms with Gasteiger partial charge in [0.2, 0.25) is 5.91 Å². The number of aromatic hydroxyl groups is 1.